The number of para-hydroxylation sites is 1. The van der Waals surface area contributed by atoms with Crippen LogP contribution in [-0.2, 0) is 0 Å². The summed E-state index contributed by atoms with van der Waals surface area (Å²) in [6.07, 6.45) is 2.31. The van der Waals surface area contributed by atoms with Gasteiger partial charge >= 0.3 is 0 Å². The van der Waals surface area contributed by atoms with Crippen LogP contribution in [0.4, 0.5) is 11.4 Å². The fourth-order valence-electron chi connectivity index (χ4n) is 2.95. The second-order valence-electron chi connectivity index (χ2n) is 6.37. The molecule has 0 spiro atoms. The van der Waals surface area contributed by atoms with Gasteiger partial charge in [0.05, 0.1) is 17.1 Å². The van der Waals surface area contributed by atoms with Crippen molar-refractivity contribution in [2.75, 3.05) is 11.4 Å². The Morgan fingerprint density at radius 2 is 2.00 bits per heavy atom. The zero-order valence-electron chi connectivity index (χ0n) is 13.5. The molecular weight excluding hydrogens is 334 g/mol. The number of nitrogens with zero attached hydrogens (tertiary/aromatic N) is 2. The van der Waals surface area contributed by atoms with E-state index < -0.39 is 0 Å². The lowest BCUT2D eigenvalue weighted by molar-refractivity contribution is 0.0981. The van der Waals surface area contributed by atoms with E-state index in [-0.39, 0.29) is 5.91 Å². The Labute approximate surface area is 150 Å². The number of nitrogens with one attached hydrogen (secondary N) is 1. The number of amides is 1. The summed E-state index contributed by atoms with van der Waals surface area (Å²) < 4.78 is 0. The van der Waals surface area contributed by atoms with Crippen LogP contribution in [0, 0.1) is 12.5 Å². The van der Waals surface area contributed by atoms with E-state index in [0.717, 1.165) is 29.4 Å². The maximum absolute atomic E-state index is 13.1. The van der Waals surface area contributed by atoms with Crippen molar-refractivity contribution in [1.82, 2.24) is 4.98 Å². The van der Waals surface area contributed by atoms with E-state index in [0.29, 0.717) is 28.9 Å². The number of aromatic amines is 1. The lowest BCUT2D eigenvalue weighted by Crippen LogP contribution is -2.33. The first-order valence-corrected chi connectivity index (χ1v) is 8.60. The van der Waals surface area contributed by atoms with Crippen LogP contribution < -0.4 is 4.90 Å². The molecule has 1 aliphatic rings. The highest BCUT2D eigenvalue weighted by atomic mass is 35.5. The Hall–Kier alpha value is -2.77. The molecule has 4 rings (SSSR count). The van der Waals surface area contributed by atoms with Gasteiger partial charge in [-0.25, -0.2) is 4.85 Å². The molecule has 4 nitrogen and oxygen atoms in total. The molecule has 5 heteroatoms. The van der Waals surface area contributed by atoms with Gasteiger partial charge in [0.1, 0.15) is 5.69 Å². The minimum Gasteiger partial charge on any atom is -0.349 e. The molecule has 0 atom stereocenters. The molecule has 1 aromatic heterocycles. The average molecular weight is 350 g/mol. The van der Waals surface area contributed by atoms with Crippen molar-refractivity contribution in [3.8, 4) is 0 Å². The highest BCUT2D eigenvalue weighted by Crippen LogP contribution is 2.33. The largest absolute Gasteiger partial charge is 0.349 e. The maximum Gasteiger partial charge on any atom is 0.274 e. The summed E-state index contributed by atoms with van der Waals surface area (Å²) in [7, 11) is 0. The molecule has 0 unspecified atom stereocenters. The van der Waals surface area contributed by atoms with Crippen molar-refractivity contribution < 1.29 is 4.79 Å². The van der Waals surface area contributed by atoms with Gasteiger partial charge in [0.15, 0.2) is 5.69 Å². The first kappa shape index (κ1) is 15.7. The van der Waals surface area contributed by atoms with E-state index >= 15 is 0 Å². The van der Waals surface area contributed by atoms with Crippen molar-refractivity contribution in [3.63, 3.8) is 0 Å². The number of aromatic nitrogens is 1. The molecule has 1 heterocycles. The first-order valence-electron chi connectivity index (χ1n) is 8.22. The standard InChI is InChI=1S/C20H16ClN3O/c1-22-15-7-9-16(10-8-15)24(12-13-5-6-13)20(25)18-11-14-3-2-4-17(21)19(14)23-18/h2-4,7-11,13,23H,5-6,12H2. The summed E-state index contributed by atoms with van der Waals surface area (Å²) in [5, 5.41) is 1.53. The van der Waals surface area contributed by atoms with Gasteiger partial charge in [0, 0.05) is 17.6 Å². The molecule has 1 amide bonds. The number of carbonyl (C=O) groups excluding carboxylic acids is 1. The van der Waals surface area contributed by atoms with Crippen LogP contribution in [0.25, 0.3) is 15.7 Å². The van der Waals surface area contributed by atoms with Crippen LogP contribution in [0.5, 0.6) is 0 Å². The summed E-state index contributed by atoms with van der Waals surface area (Å²) in [4.78, 5) is 21.5. The smallest absolute Gasteiger partial charge is 0.274 e. The molecule has 0 saturated heterocycles. The minimum absolute atomic E-state index is 0.0743. The van der Waals surface area contributed by atoms with Crippen LogP contribution >= 0.6 is 11.6 Å². The monoisotopic (exact) mass is 349 g/mol. The number of fused-ring (bicyclic) bond motifs is 1. The quantitative estimate of drug-likeness (QED) is 0.627. The lowest BCUT2D eigenvalue weighted by Gasteiger charge is -2.22. The number of halogens is 1. The fraction of sp³-hybridized carbons (Fsp3) is 0.200. The molecule has 25 heavy (non-hydrogen) atoms. The summed E-state index contributed by atoms with van der Waals surface area (Å²) >= 11 is 6.22. The van der Waals surface area contributed by atoms with Crippen LogP contribution in [0.3, 0.4) is 0 Å². The van der Waals surface area contributed by atoms with Crippen LogP contribution in [-0.4, -0.2) is 17.4 Å². The predicted octanol–water partition coefficient (Wildman–Crippen LogP) is 5.43. The summed E-state index contributed by atoms with van der Waals surface area (Å²) in [6.45, 7) is 7.77. The maximum atomic E-state index is 13.1. The van der Waals surface area contributed by atoms with E-state index in [4.69, 9.17) is 18.2 Å². The third-order valence-corrected chi connectivity index (χ3v) is 4.82. The average Bonchev–Trinajstić information content (AvgIpc) is 3.35. The summed E-state index contributed by atoms with van der Waals surface area (Å²) in [6, 6.07) is 14.6. The number of rotatable bonds is 4. The molecule has 3 aromatic rings. The Balaban J connectivity index is 1.70. The van der Waals surface area contributed by atoms with Crippen molar-refractivity contribution in [1.29, 1.82) is 0 Å². The van der Waals surface area contributed by atoms with Gasteiger partial charge in [-0.15, -0.1) is 0 Å². The van der Waals surface area contributed by atoms with E-state index in [1.54, 1.807) is 23.1 Å². The predicted molar refractivity (Wildman–Crippen MR) is 100 cm³/mol. The van der Waals surface area contributed by atoms with Gasteiger partial charge in [-0.2, -0.15) is 0 Å². The SMILES string of the molecule is [C-]#[N+]c1ccc(N(CC2CC2)C(=O)c2cc3cccc(Cl)c3[nH]2)cc1. The van der Waals surface area contributed by atoms with E-state index in [2.05, 4.69) is 9.83 Å². The number of anilines is 1. The van der Waals surface area contributed by atoms with Gasteiger partial charge in [0.25, 0.3) is 5.91 Å². The molecule has 2 aromatic carbocycles. The van der Waals surface area contributed by atoms with Crippen LogP contribution in [0.2, 0.25) is 5.02 Å². The molecule has 1 fully saturated rings. The summed E-state index contributed by atoms with van der Waals surface area (Å²) in [5.41, 5.74) is 2.69. The van der Waals surface area contributed by atoms with Gasteiger partial charge in [-0.1, -0.05) is 35.9 Å². The normalized spacial score (nSPS) is 13.6. The van der Waals surface area contributed by atoms with Crippen LogP contribution in [0.1, 0.15) is 23.3 Å². The zero-order chi connectivity index (χ0) is 17.4. The molecule has 0 radical (unpaired) electrons. The van der Waals surface area contributed by atoms with E-state index in [1.165, 1.54) is 0 Å². The zero-order valence-corrected chi connectivity index (χ0v) is 14.3. The van der Waals surface area contributed by atoms with Gasteiger partial charge in [-0.05, 0) is 43.0 Å². The third-order valence-electron chi connectivity index (χ3n) is 4.51. The first-order chi connectivity index (χ1) is 12.2. The highest BCUT2D eigenvalue weighted by Gasteiger charge is 2.29. The lowest BCUT2D eigenvalue weighted by atomic mass is 10.2. The number of H-pyrrole nitrogens is 1. The molecule has 1 aliphatic carbocycles. The van der Waals surface area contributed by atoms with Gasteiger partial charge < -0.3 is 9.88 Å². The molecular formula is C20H16ClN3O. The van der Waals surface area contributed by atoms with Gasteiger partial charge in [-0.3, -0.25) is 4.79 Å². The molecule has 1 N–H and O–H groups in total. The third kappa shape index (κ3) is 3.11. The Morgan fingerprint density at radius 3 is 2.64 bits per heavy atom. The number of benzene rings is 2. The number of hydrogen-bond acceptors (Lipinski definition) is 1. The van der Waals surface area contributed by atoms with E-state index in [1.807, 2.05) is 30.3 Å². The second kappa shape index (κ2) is 6.27. The Kier molecular flexibility index (Phi) is 3.95. The van der Waals surface area contributed by atoms with E-state index in [9.17, 15) is 4.79 Å². The Bertz CT molecular complexity index is 980. The number of carbonyl (C=O) groups is 1. The summed E-state index contributed by atoms with van der Waals surface area (Å²) in [5.74, 6) is 0.479. The second-order valence-corrected chi connectivity index (χ2v) is 6.78. The highest BCUT2D eigenvalue weighted by molar-refractivity contribution is 6.35. The van der Waals surface area contributed by atoms with Crippen molar-refractivity contribution in [3.05, 3.63) is 70.7 Å². The van der Waals surface area contributed by atoms with Gasteiger partial charge in [0.2, 0.25) is 0 Å². The molecule has 0 bridgehead atoms. The van der Waals surface area contributed by atoms with Crippen molar-refractivity contribution >= 4 is 39.8 Å². The van der Waals surface area contributed by atoms with Crippen molar-refractivity contribution in [2.24, 2.45) is 5.92 Å². The molecule has 124 valence electrons. The Morgan fingerprint density at radius 1 is 1.24 bits per heavy atom. The minimum atomic E-state index is -0.0743. The number of hydrogen-bond donors (Lipinski definition) is 1. The van der Waals surface area contributed by atoms with Crippen LogP contribution in [0.15, 0.2) is 48.5 Å². The fourth-order valence-corrected chi connectivity index (χ4v) is 3.18. The topological polar surface area (TPSA) is 40.5 Å². The molecule has 1 saturated carbocycles. The molecule has 0 aliphatic heterocycles. The van der Waals surface area contributed by atoms with Crippen molar-refractivity contribution in [2.45, 2.75) is 12.8 Å².